The van der Waals surface area contributed by atoms with Crippen molar-refractivity contribution in [2.45, 2.75) is 12.4 Å². The van der Waals surface area contributed by atoms with Crippen molar-refractivity contribution in [1.82, 2.24) is 24.8 Å². The molecular formula is C22H22F3N7O2S. The summed E-state index contributed by atoms with van der Waals surface area (Å²) in [7, 11) is 0. The molecule has 3 aromatic heterocycles. The summed E-state index contributed by atoms with van der Waals surface area (Å²) in [5, 5.41) is 2.96. The molecule has 2 aliphatic rings. The molecule has 2 fully saturated rings. The Morgan fingerprint density at radius 2 is 1.86 bits per heavy atom. The van der Waals surface area contributed by atoms with Crippen LogP contribution in [0.4, 0.5) is 30.6 Å². The molecule has 35 heavy (non-hydrogen) atoms. The van der Waals surface area contributed by atoms with Crippen LogP contribution < -0.4 is 15.0 Å². The molecule has 9 nitrogen and oxygen atoms in total. The van der Waals surface area contributed by atoms with Gasteiger partial charge in [0.1, 0.15) is 34.7 Å². The van der Waals surface area contributed by atoms with E-state index in [1.807, 2.05) is 6.07 Å². The second-order valence-electron chi connectivity index (χ2n) is 8.17. The molecule has 1 N–H and O–H groups in total. The number of halogens is 3. The summed E-state index contributed by atoms with van der Waals surface area (Å²) in [5.41, 5.74) is 0.704. The zero-order chi connectivity index (χ0) is 24.4. The van der Waals surface area contributed by atoms with Crippen LogP contribution in [0.5, 0.6) is 5.75 Å². The Morgan fingerprint density at radius 3 is 2.57 bits per heavy atom. The van der Waals surface area contributed by atoms with Gasteiger partial charge in [-0.3, -0.25) is 9.88 Å². The van der Waals surface area contributed by atoms with Crippen LogP contribution in [0, 0.1) is 0 Å². The van der Waals surface area contributed by atoms with Gasteiger partial charge in [0.15, 0.2) is 5.82 Å². The fourth-order valence-corrected chi connectivity index (χ4v) is 5.06. The number of pyridine rings is 2. The first-order chi connectivity index (χ1) is 16.8. The Bertz CT molecular complexity index is 1160. The maximum atomic E-state index is 12.6. The molecule has 2 saturated heterocycles. The van der Waals surface area contributed by atoms with E-state index in [0.717, 1.165) is 38.3 Å². The van der Waals surface area contributed by atoms with Gasteiger partial charge in [-0.15, -0.1) is 13.2 Å². The number of alkyl halides is 3. The minimum atomic E-state index is -4.80. The summed E-state index contributed by atoms with van der Waals surface area (Å²) in [6.07, 6.45) is -0.287. The van der Waals surface area contributed by atoms with E-state index in [4.69, 9.17) is 4.98 Å². The Hall–Kier alpha value is -3.16. The van der Waals surface area contributed by atoms with Crippen LogP contribution >= 0.6 is 0 Å². The standard InChI is InChI=1S/C22H22F3N7O2S/c23-22(24,25)34-17-3-5-27-18(10-17)28-19-11-20(30-21(29-19)15-2-1-4-26-12-15)32-13-16(14-32)31-6-8-35(33)9-7-31/h1-5,10-12,16H,6-9,13-14H2,(H,27,28,29,30). The molecule has 0 unspecified atom stereocenters. The van der Waals surface area contributed by atoms with E-state index < -0.39 is 17.5 Å². The van der Waals surface area contributed by atoms with Gasteiger partial charge in [-0.2, -0.15) is 0 Å². The summed E-state index contributed by atoms with van der Waals surface area (Å²) < 4.78 is 53.4. The number of nitrogens with zero attached hydrogens (tertiary/aromatic N) is 6. The SMILES string of the molecule is [O-][S+]1CCN(C2CN(c3cc(Nc4cc(OC(F)(F)F)ccn4)nc(-c4cccnc4)n3)C2)CC1. The molecule has 5 heterocycles. The highest BCUT2D eigenvalue weighted by molar-refractivity contribution is 7.91. The number of hydrogen-bond acceptors (Lipinski definition) is 9. The van der Waals surface area contributed by atoms with Gasteiger partial charge in [-0.25, -0.2) is 15.0 Å². The molecule has 0 radical (unpaired) electrons. The first-order valence-electron chi connectivity index (χ1n) is 10.9. The topological polar surface area (TPSA) is 102 Å². The maximum absolute atomic E-state index is 12.6. The molecule has 2 aliphatic heterocycles. The van der Waals surface area contributed by atoms with Gasteiger partial charge >= 0.3 is 6.36 Å². The highest BCUT2D eigenvalue weighted by atomic mass is 32.2. The van der Waals surface area contributed by atoms with Crippen molar-refractivity contribution in [1.29, 1.82) is 0 Å². The molecule has 0 aromatic carbocycles. The third kappa shape index (κ3) is 5.92. The van der Waals surface area contributed by atoms with E-state index in [1.54, 1.807) is 24.5 Å². The first kappa shape index (κ1) is 23.6. The lowest BCUT2D eigenvalue weighted by molar-refractivity contribution is -0.274. The highest BCUT2D eigenvalue weighted by Crippen LogP contribution is 2.30. The van der Waals surface area contributed by atoms with E-state index in [-0.39, 0.29) is 11.6 Å². The lowest BCUT2D eigenvalue weighted by atomic mass is 10.1. The smallest absolute Gasteiger partial charge is 0.573 e. The average molecular weight is 506 g/mol. The molecule has 0 atom stereocenters. The Kier molecular flexibility index (Phi) is 6.62. The van der Waals surface area contributed by atoms with Gasteiger partial charge in [0.2, 0.25) is 0 Å². The molecular weight excluding hydrogens is 483 g/mol. The first-order valence-corrected chi connectivity index (χ1v) is 12.4. The van der Waals surface area contributed by atoms with E-state index in [9.17, 15) is 17.7 Å². The van der Waals surface area contributed by atoms with E-state index >= 15 is 0 Å². The fraction of sp³-hybridized carbons (Fsp3) is 0.364. The van der Waals surface area contributed by atoms with Crippen LogP contribution in [-0.2, 0) is 11.2 Å². The van der Waals surface area contributed by atoms with Crippen LogP contribution in [0.1, 0.15) is 0 Å². The second-order valence-corrected chi connectivity index (χ2v) is 9.87. The van der Waals surface area contributed by atoms with Crippen LogP contribution in [0.25, 0.3) is 11.4 Å². The number of ether oxygens (including phenoxy) is 1. The molecule has 3 aromatic rings. The third-order valence-electron chi connectivity index (χ3n) is 5.77. The summed E-state index contributed by atoms with van der Waals surface area (Å²) in [6.45, 7) is 3.18. The van der Waals surface area contributed by atoms with Crippen LogP contribution in [-0.4, -0.2) is 79.5 Å². The summed E-state index contributed by atoms with van der Waals surface area (Å²) in [6, 6.07) is 7.98. The van der Waals surface area contributed by atoms with Gasteiger partial charge in [0.25, 0.3) is 0 Å². The molecule has 13 heteroatoms. The van der Waals surface area contributed by atoms with Crippen LogP contribution in [0.15, 0.2) is 48.9 Å². The molecule has 0 amide bonds. The van der Waals surface area contributed by atoms with E-state index in [2.05, 4.69) is 34.8 Å². The minimum absolute atomic E-state index is 0.149. The zero-order valence-electron chi connectivity index (χ0n) is 18.5. The van der Waals surface area contributed by atoms with E-state index in [0.29, 0.717) is 40.6 Å². The Labute approximate surface area is 202 Å². The van der Waals surface area contributed by atoms with Gasteiger partial charge in [-0.05, 0) is 18.2 Å². The lowest BCUT2D eigenvalue weighted by Gasteiger charge is -2.47. The van der Waals surface area contributed by atoms with Crippen molar-refractivity contribution < 1.29 is 22.5 Å². The third-order valence-corrected chi connectivity index (χ3v) is 7.04. The normalized spacial score (nSPS) is 17.8. The van der Waals surface area contributed by atoms with Crippen molar-refractivity contribution in [2.24, 2.45) is 0 Å². The van der Waals surface area contributed by atoms with Crippen molar-refractivity contribution >= 4 is 28.6 Å². The van der Waals surface area contributed by atoms with Gasteiger partial charge in [0, 0.05) is 68.5 Å². The van der Waals surface area contributed by atoms with Crippen molar-refractivity contribution in [3.8, 4) is 17.1 Å². The number of hydrogen-bond donors (Lipinski definition) is 1. The number of anilines is 3. The van der Waals surface area contributed by atoms with Gasteiger partial charge in [0.05, 0.1) is 0 Å². The highest BCUT2D eigenvalue weighted by Gasteiger charge is 2.36. The Morgan fingerprint density at radius 1 is 1.06 bits per heavy atom. The predicted molar refractivity (Wildman–Crippen MR) is 125 cm³/mol. The average Bonchev–Trinajstić information content (AvgIpc) is 2.79. The molecule has 0 aliphatic carbocycles. The molecule has 0 bridgehead atoms. The molecule has 0 spiro atoms. The Balaban J connectivity index is 1.37. The molecule has 5 rings (SSSR count). The van der Waals surface area contributed by atoms with Crippen molar-refractivity contribution in [3.63, 3.8) is 0 Å². The predicted octanol–water partition coefficient (Wildman–Crippen LogP) is 2.83. The summed E-state index contributed by atoms with van der Waals surface area (Å²) >= 11 is -0.722. The summed E-state index contributed by atoms with van der Waals surface area (Å²) in [4.78, 5) is 21.9. The van der Waals surface area contributed by atoms with Gasteiger partial charge < -0.3 is 19.5 Å². The van der Waals surface area contributed by atoms with Crippen LogP contribution in [0.2, 0.25) is 0 Å². The second kappa shape index (κ2) is 9.84. The van der Waals surface area contributed by atoms with Gasteiger partial charge in [-0.1, -0.05) is 11.2 Å². The van der Waals surface area contributed by atoms with E-state index in [1.165, 1.54) is 6.20 Å². The largest absolute Gasteiger partial charge is 0.616 e. The number of rotatable bonds is 6. The lowest BCUT2D eigenvalue weighted by Crippen LogP contribution is -2.62. The van der Waals surface area contributed by atoms with Crippen molar-refractivity contribution in [2.75, 3.05) is 47.9 Å². The monoisotopic (exact) mass is 505 g/mol. The molecule has 0 saturated carbocycles. The zero-order valence-corrected chi connectivity index (χ0v) is 19.3. The quantitative estimate of drug-likeness (QED) is 0.507. The fourth-order valence-electron chi connectivity index (χ4n) is 3.98. The number of nitrogens with one attached hydrogen (secondary N) is 1. The van der Waals surface area contributed by atoms with Crippen LogP contribution in [0.3, 0.4) is 0 Å². The number of aromatic nitrogens is 4. The maximum Gasteiger partial charge on any atom is 0.573 e. The van der Waals surface area contributed by atoms with Crippen molar-refractivity contribution in [3.05, 3.63) is 48.9 Å². The molecule has 184 valence electrons. The minimum Gasteiger partial charge on any atom is -0.616 e. The summed E-state index contributed by atoms with van der Waals surface area (Å²) in [5.74, 6) is 2.66.